The van der Waals surface area contributed by atoms with Crippen molar-refractivity contribution in [3.05, 3.63) is 66.0 Å². The zero-order valence-corrected chi connectivity index (χ0v) is 12.1. The molecule has 0 aliphatic heterocycles. The summed E-state index contributed by atoms with van der Waals surface area (Å²) < 4.78 is 13.0. The van der Waals surface area contributed by atoms with E-state index < -0.39 is 11.9 Å². The number of hydrogen-bond donors (Lipinski definition) is 2. The van der Waals surface area contributed by atoms with Crippen molar-refractivity contribution in [2.75, 3.05) is 12.3 Å². The van der Waals surface area contributed by atoms with Gasteiger partial charge in [-0.15, -0.1) is 11.8 Å². The van der Waals surface area contributed by atoms with Gasteiger partial charge < -0.3 is 10.4 Å². The van der Waals surface area contributed by atoms with Gasteiger partial charge in [-0.25, -0.2) is 4.39 Å². The first kappa shape index (κ1) is 15.5. The van der Waals surface area contributed by atoms with Crippen LogP contribution in [0.3, 0.4) is 0 Å². The van der Waals surface area contributed by atoms with Gasteiger partial charge in [0, 0.05) is 11.4 Å². The fourth-order valence-corrected chi connectivity index (χ4v) is 2.51. The van der Waals surface area contributed by atoms with E-state index in [1.54, 1.807) is 6.07 Å². The number of aliphatic hydroxyl groups is 1. The lowest BCUT2D eigenvalue weighted by atomic mass is 10.1. The van der Waals surface area contributed by atoms with Crippen LogP contribution < -0.4 is 5.32 Å². The maximum Gasteiger partial charge on any atom is 0.230 e. The van der Waals surface area contributed by atoms with Crippen LogP contribution in [0.2, 0.25) is 0 Å². The lowest BCUT2D eigenvalue weighted by Gasteiger charge is -2.12. The van der Waals surface area contributed by atoms with Crippen LogP contribution in [-0.4, -0.2) is 23.3 Å². The molecule has 0 radical (unpaired) electrons. The highest BCUT2D eigenvalue weighted by Crippen LogP contribution is 2.17. The molecule has 110 valence electrons. The predicted molar refractivity (Wildman–Crippen MR) is 81.5 cm³/mol. The molecular formula is C16H16FNO2S. The summed E-state index contributed by atoms with van der Waals surface area (Å²) in [7, 11) is 0. The van der Waals surface area contributed by atoms with Crippen molar-refractivity contribution in [3.63, 3.8) is 0 Å². The Hall–Kier alpha value is -1.85. The number of amides is 1. The van der Waals surface area contributed by atoms with Crippen molar-refractivity contribution in [2.45, 2.75) is 11.0 Å². The maximum absolute atomic E-state index is 13.0. The Labute approximate surface area is 127 Å². The number of carbonyl (C=O) groups excluding carboxylic acids is 1. The van der Waals surface area contributed by atoms with E-state index in [1.807, 2.05) is 30.3 Å². The SMILES string of the molecule is O=C(CSc1ccccc1)NCC(O)c1cccc(F)c1. The van der Waals surface area contributed by atoms with Crippen LogP contribution in [0.4, 0.5) is 4.39 Å². The number of halogens is 1. The minimum atomic E-state index is -0.911. The minimum Gasteiger partial charge on any atom is -0.387 e. The van der Waals surface area contributed by atoms with Crippen molar-refractivity contribution in [1.82, 2.24) is 5.32 Å². The summed E-state index contributed by atoms with van der Waals surface area (Å²) in [6.45, 7) is 0.0671. The Morgan fingerprint density at radius 3 is 2.67 bits per heavy atom. The number of carbonyl (C=O) groups is 1. The van der Waals surface area contributed by atoms with Gasteiger partial charge in [-0.2, -0.15) is 0 Å². The van der Waals surface area contributed by atoms with Gasteiger partial charge in [0.2, 0.25) is 5.91 Å². The third-order valence-electron chi connectivity index (χ3n) is 2.84. The number of thioether (sulfide) groups is 1. The van der Waals surface area contributed by atoms with E-state index in [2.05, 4.69) is 5.32 Å². The van der Waals surface area contributed by atoms with Crippen LogP contribution in [0.25, 0.3) is 0 Å². The van der Waals surface area contributed by atoms with E-state index in [1.165, 1.54) is 30.0 Å². The fraction of sp³-hybridized carbons (Fsp3) is 0.188. The molecule has 1 amide bonds. The van der Waals surface area contributed by atoms with Crippen LogP contribution in [0.1, 0.15) is 11.7 Å². The second-order valence-corrected chi connectivity index (χ2v) is 5.53. The van der Waals surface area contributed by atoms with E-state index >= 15 is 0 Å². The summed E-state index contributed by atoms with van der Waals surface area (Å²) in [6, 6.07) is 15.3. The van der Waals surface area contributed by atoms with Crippen LogP contribution in [0.5, 0.6) is 0 Å². The van der Waals surface area contributed by atoms with Gasteiger partial charge in [-0.1, -0.05) is 30.3 Å². The smallest absolute Gasteiger partial charge is 0.230 e. The number of nitrogens with one attached hydrogen (secondary N) is 1. The molecule has 1 atom stereocenters. The van der Waals surface area contributed by atoms with Gasteiger partial charge in [0.15, 0.2) is 0 Å². The molecule has 2 rings (SSSR count). The molecule has 21 heavy (non-hydrogen) atoms. The zero-order valence-electron chi connectivity index (χ0n) is 11.3. The predicted octanol–water partition coefficient (Wildman–Crippen LogP) is 2.77. The van der Waals surface area contributed by atoms with Crippen LogP contribution >= 0.6 is 11.8 Å². The molecule has 0 saturated carbocycles. The van der Waals surface area contributed by atoms with Crippen LogP contribution in [0.15, 0.2) is 59.5 Å². The second kappa shape index (κ2) is 7.81. The molecule has 0 heterocycles. The van der Waals surface area contributed by atoms with Crippen molar-refractivity contribution >= 4 is 17.7 Å². The Morgan fingerprint density at radius 2 is 1.95 bits per heavy atom. The number of rotatable bonds is 6. The molecule has 0 aliphatic rings. The van der Waals surface area contributed by atoms with Crippen molar-refractivity contribution in [1.29, 1.82) is 0 Å². The topological polar surface area (TPSA) is 49.3 Å². The lowest BCUT2D eigenvalue weighted by Crippen LogP contribution is -2.29. The minimum absolute atomic E-state index is 0.0671. The average molecular weight is 305 g/mol. The Balaban J connectivity index is 1.76. The lowest BCUT2D eigenvalue weighted by molar-refractivity contribution is -0.119. The molecule has 2 aromatic rings. The van der Waals surface area contributed by atoms with Gasteiger partial charge in [0.1, 0.15) is 5.82 Å². The first-order valence-corrected chi connectivity index (χ1v) is 7.52. The molecule has 0 saturated heterocycles. The monoisotopic (exact) mass is 305 g/mol. The molecule has 0 fully saturated rings. The molecule has 0 aromatic heterocycles. The van der Waals surface area contributed by atoms with E-state index in [0.29, 0.717) is 5.56 Å². The Bertz CT molecular complexity index is 592. The van der Waals surface area contributed by atoms with E-state index in [0.717, 1.165) is 4.90 Å². The number of benzene rings is 2. The third-order valence-corrected chi connectivity index (χ3v) is 3.85. The van der Waals surface area contributed by atoms with Gasteiger partial charge >= 0.3 is 0 Å². The summed E-state index contributed by atoms with van der Waals surface area (Å²) in [6.07, 6.45) is -0.911. The van der Waals surface area contributed by atoms with Crippen molar-refractivity contribution in [2.24, 2.45) is 0 Å². The molecule has 3 nitrogen and oxygen atoms in total. The molecule has 2 aromatic carbocycles. The highest BCUT2D eigenvalue weighted by atomic mass is 32.2. The first-order valence-electron chi connectivity index (χ1n) is 6.53. The molecule has 0 aliphatic carbocycles. The van der Waals surface area contributed by atoms with Crippen LogP contribution in [0, 0.1) is 5.82 Å². The van der Waals surface area contributed by atoms with Gasteiger partial charge in [-0.3, -0.25) is 4.79 Å². The number of hydrogen-bond acceptors (Lipinski definition) is 3. The third kappa shape index (κ3) is 5.21. The first-order chi connectivity index (χ1) is 10.1. The zero-order chi connectivity index (χ0) is 15.1. The molecule has 2 N–H and O–H groups in total. The highest BCUT2D eigenvalue weighted by molar-refractivity contribution is 8.00. The summed E-state index contributed by atoms with van der Waals surface area (Å²) in [5, 5.41) is 12.5. The van der Waals surface area contributed by atoms with Gasteiger partial charge in [0.25, 0.3) is 0 Å². The molecule has 0 bridgehead atoms. The largest absolute Gasteiger partial charge is 0.387 e. The summed E-state index contributed by atoms with van der Waals surface area (Å²) in [4.78, 5) is 12.7. The molecule has 1 unspecified atom stereocenters. The quantitative estimate of drug-likeness (QED) is 0.807. The van der Waals surface area contributed by atoms with Gasteiger partial charge in [0.05, 0.1) is 11.9 Å². The Morgan fingerprint density at radius 1 is 1.19 bits per heavy atom. The van der Waals surface area contributed by atoms with Crippen molar-refractivity contribution in [3.8, 4) is 0 Å². The highest BCUT2D eigenvalue weighted by Gasteiger charge is 2.10. The summed E-state index contributed by atoms with van der Waals surface area (Å²) in [5.74, 6) is -0.295. The van der Waals surface area contributed by atoms with E-state index in [4.69, 9.17) is 0 Å². The number of aliphatic hydroxyl groups excluding tert-OH is 1. The van der Waals surface area contributed by atoms with E-state index in [-0.39, 0.29) is 18.2 Å². The average Bonchev–Trinajstić information content (AvgIpc) is 2.51. The molecular weight excluding hydrogens is 289 g/mol. The normalized spacial score (nSPS) is 11.9. The summed E-state index contributed by atoms with van der Waals surface area (Å²) >= 11 is 1.42. The maximum atomic E-state index is 13.0. The summed E-state index contributed by atoms with van der Waals surface area (Å²) in [5.41, 5.74) is 0.450. The van der Waals surface area contributed by atoms with E-state index in [9.17, 15) is 14.3 Å². The second-order valence-electron chi connectivity index (χ2n) is 4.48. The molecule has 5 heteroatoms. The van der Waals surface area contributed by atoms with Gasteiger partial charge in [-0.05, 0) is 29.8 Å². The Kier molecular flexibility index (Phi) is 5.78. The van der Waals surface area contributed by atoms with Crippen molar-refractivity contribution < 1.29 is 14.3 Å². The fourth-order valence-electron chi connectivity index (χ4n) is 1.76. The van der Waals surface area contributed by atoms with Crippen LogP contribution in [-0.2, 0) is 4.79 Å². The standard InChI is InChI=1S/C16H16FNO2S/c17-13-6-4-5-12(9-13)15(19)10-18-16(20)11-21-14-7-2-1-3-8-14/h1-9,15,19H,10-11H2,(H,18,20). The molecule has 0 spiro atoms.